The average Bonchev–Trinajstić information content (AvgIpc) is 2.93. The van der Waals surface area contributed by atoms with Crippen LogP contribution in [0.25, 0.3) is 0 Å². The molecule has 1 aromatic heterocycles. The summed E-state index contributed by atoms with van der Waals surface area (Å²) in [6.45, 7) is 5.78. The molecule has 0 saturated carbocycles. The first kappa shape index (κ1) is 17.3. The minimum atomic E-state index is -0.171. The third kappa shape index (κ3) is 3.28. The van der Waals surface area contributed by atoms with Crippen molar-refractivity contribution in [3.05, 3.63) is 53.1 Å². The van der Waals surface area contributed by atoms with Gasteiger partial charge in [0.25, 0.3) is 5.91 Å². The number of carbonyl (C=O) groups is 1. The van der Waals surface area contributed by atoms with E-state index in [0.29, 0.717) is 5.69 Å². The maximum atomic E-state index is 12.3. The lowest BCUT2D eigenvalue weighted by atomic mass is 9.67. The van der Waals surface area contributed by atoms with Crippen LogP contribution in [0.1, 0.15) is 60.7 Å². The fourth-order valence-electron chi connectivity index (χ4n) is 4.56. The Morgan fingerprint density at radius 2 is 2.04 bits per heavy atom. The number of fused-ring (bicyclic) bond motifs is 1. The number of benzene rings is 1. The van der Waals surface area contributed by atoms with Crippen molar-refractivity contribution in [1.29, 1.82) is 0 Å². The summed E-state index contributed by atoms with van der Waals surface area (Å²) >= 11 is 0. The van der Waals surface area contributed by atoms with Crippen LogP contribution in [0.4, 0.5) is 0 Å². The van der Waals surface area contributed by atoms with Crippen LogP contribution in [0, 0.1) is 0 Å². The normalized spacial score (nSPS) is 25.2. The van der Waals surface area contributed by atoms with E-state index in [1.165, 1.54) is 5.56 Å². The highest BCUT2D eigenvalue weighted by Gasteiger charge is 2.43. The Kier molecular flexibility index (Phi) is 4.35. The molecule has 1 fully saturated rings. The standard InChI is InChI=1S/C21H27N3O2/c1-20(2)14-21(10-12-26-20,15-7-4-3-5-8-15)13-17-23-16-9-6-11-22-19(25)18(16)24-17/h3-5,7-8H,6,9-14H2,1-2H3,(H,22,25)(H,23,24)/t21-/m0/s1. The number of aromatic nitrogens is 2. The quantitative estimate of drug-likeness (QED) is 0.891. The summed E-state index contributed by atoms with van der Waals surface area (Å²) in [6.07, 6.45) is 4.50. The molecule has 138 valence electrons. The fraction of sp³-hybridized carbons (Fsp3) is 0.524. The minimum absolute atomic E-state index is 0.0317. The number of hydrogen-bond acceptors (Lipinski definition) is 3. The molecule has 1 aromatic carbocycles. The molecule has 4 rings (SSSR count). The van der Waals surface area contributed by atoms with Gasteiger partial charge < -0.3 is 15.0 Å². The maximum absolute atomic E-state index is 12.3. The van der Waals surface area contributed by atoms with Crippen LogP contribution < -0.4 is 5.32 Å². The van der Waals surface area contributed by atoms with Crippen LogP contribution in [0.5, 0.6) is 0 Å². The van der Waals surface area contributed by atoms with E-state index in [-0.39, 0.29) is 16.9 Å². The van der Waals surface area contributed by atoms with E-state index in [0.717, 1.165) is 56.8 Å². The molecule has 3 heterocycles. The number of nitrogens with zero attached hydrogens (tertiary/aromatic N) is 1. The number of rotatable bonds is 3. The Morgan fingerprint density at radius 1 is 1.23 bits per heavy atom. The number of nitrogens with one attached hydrogen (secondary N) is 2. The van der Waals surface area contributed by atoms with Crippen molar-refractivity contribution in [2.75, 3.05) is 13.2 Å². The summed E-state index contributed by atoms with van der Waals surface area (Å²) in [5, 5.41) is 2.93. The smallest absolute Gasteiger partial charge is 0.271 e. The van der Waals surface area contributed by atoms with Gasteiger partial charge in [-0.05, 0) is 45.1 Å². The molecule has 5 heteroatoms. The summed E-state index contributed by atoms with van der Waals surface area (Å²) in [7, 11) is 0. The van der Waals surface area contributed by atoms with Crippen molar-refractivity contribution in [1.82, 2.24) is 15.3 Å². The first-order valence-corrected chi connectivity index (χ1v) is 9.53. The number of ether oxygens (including phenoxy) is 1. The van der Waals surface area contributed by atoms with E-state index >= 15 is 0 Å². The van der Waals surface area contributed by atoms with Crippen LogP contribution in [0.2, 0.25) is 0 Å². The van der Waals surface area contributed by atoms with Gasteiger partial charge in [-0.1, -0.05) is 30.3 Å². The summed E-state index contributed by atoms with van der Waals surface area (Å²) in [5.74, 6) is 0.856. The van der Waals surface area contributed by atoms with Crippen molar-refractivity contribution in [3.8, 4) is 0 Å². The zero-order valence-corrected chi connectivity index (χ0v) is 15.6. The van der Waals surface area contributed by atoms with Gasteiger partial charge in [0.15, 0.2) is 0 Å². The van der Waals surface area contributed by atoms with Gasteiger partial charge in [0.05, 0.1) is 5.60 Å². The van der Waals surface area contributed by atoms with Crippen molar-refractivity contribution in [2.45, 2.75) is 57.0 Å². The van der Waals surface area contributed by atoms with Gasteiger partial charge in [-0.2, -0.15) is 0 Å². The molecule has 26 heavy (non-hydrogen) atoms. The molecule has 0 bridgehead atoms. The predicted molar refractivity (Wildman–Crippen MR) is 100 cm³/mol. The SMILES string of the molecule is CC1(C)C[C@](Cc2nc3c([nH]2)CCCNC3=O)(c2ccccc2)CCO1. The van der Waals surface area contributed by atoms with Crippen LogP contribution >= 0.6 is 0 Å². The summed E-state index contributed by atoms with van der Waals surface area (Å²) in [6, 6.07) is 10.7. The lowest BCUT2D eigenvalue weighted by Gasteiger charge is -2.45. The van der Waals surface area contributed by atoms with Gasteiger partial charge in [0.2, 0.25) is 0 Å². The zero-order chi connectivity index (χ0) is 18.2. The predicted octanol–water partition coefficient (Wildman–Crippen LogP) is 3.16. The van der Waals surface area contributed by atoms with Crippen molar-refractivity contribution >= 4 is 5.91 Å². The molecule has 2 aromatic rings. The Morgan fingerprint density at radius 3 is 2.81 bits per heavy atom. The fourth-order valence-corrected chi connectivity index (χ4v) is 4.56. The van der Waals surface area contributed by atoms with Crippen molar-refractivity contribution in [2.24, 2.45) is 0 Å². The second-order valence-electron chi connectivity index (χ2n) is 8.23. The number of carbonyl (C=O) groups excluding carboxylic acids is 1. The lowest BCUT2D eigenvalue weighted by Crippen LogP contribution is -2.45. The van der Waals surface area contributed by atoms with Crippen LogP contribution in [-0.4, -0.2) is 34.6 Å². The van der Waals surface area contributed by atoms with Gasteiger partial charge in [-0.3, -0.25) is 4.79 Å². The molecular weight excluding hydrogens is 326 g/mol. The highest BCUT2D eigenvalue weighted by atomic mass is 16.5. The number of amides is 1. The molecule has 2 N–H and O–H groups in total. The third-order valence-corrected chi connectivity index (χ3v) is 5.66. The van der Waals surface area contributed by atoms with Crippen LogP contribution in [-0.2, 0) is 23.0 Å². The van der Waals surface area contributed by atoms with Gasteiger partial charge in [0, 0.05) is 30.7 Å². The minimum Gasteiger partial charge on any atom is -0.376 e. The van der Waals surface area contributed by atoms with E-state index in [1.807, 2.05) is 0 Å². The summed E-state index contributed by atoms with van der Waals surface area (Å²) in [5.41, 5.74) is 2.68. The highest BCUT2D eigenvalue weighted by molar-refractivity contribution is 5.93. The molecule has 0 aliphatic carbocycles. The Balaban J connectivity index is 1.70. The third-order valence-electron chi connectivity index (χ3n) is 5.66. The molecule has 1 atom stereocenters. The number of H-pyrrole nitrogens is 1. The van der Waals surface area contributed by atoms with Crippen molar-refractivity contribution < 1.29 is 9.53 Å². The van der Waals surface area contributed by atoms with Crippen LogP contribution in [0.15, 0.2) is 30.3 Å². The van der Waals surface area contributed by atoms with Gasteiger partial charge >= 0.3 is 0 Å². The molecule has 0 spiro atoms. The molecule has 0 unspecified atom stereocenters. The highest BCUT2D eigenvalue weighted by Crippen LogP contribution is 2.43. The largest absolute Gasteiger partial charge is 0.376 e. The number of aryl methyl sites for hydroxylation is 1. The number of hydrogen-bond donors (Lipinski definition) is 2. The summed E-state index contributed by atoms with van der Waals surface area (Å²) < 4.78 is 6.00. The van der Waals surface area contributed by atoms with Gasteiger partial charge in [-0.25, -0.2) is 4.98 Å². The Labute approximate surface area is 154 Å². The molecule has 2 aliphatic heterocycles. The second-order valence-corrected chi connectivity index (χ2v) is 8.23. The zero-order valence-electron chi connectivity index (χ0n) is 15.6. The van der Waals surface area contributed by atoms with E-state index in [9.17, 15) is 4.79 Å². The van der Waals surface area contributed by atoms with E-state index < -0.39 is 0 Å². The maximum Gasteiger partial charge on any atom is 0.271 e. The number of imidazole rings is 1. The average molecular weight is 353 g/mol. The molecular formula is C21H27N3O2. The van der Waals surface area contributed by atoms with Gasteiger partial charge in [-0.15, -0.1) is 0 Å². The molecule has 1 amide bonds. The summed E-state index contributed by atoms with van der Waals surface area (Å²) in [4.78, 5) is 20.4. The number of aromatic amines is 1. The second kappa shape index (κ2) is 6.54. The Bertz CT molecular complexity index is 797. The van der Waals surface area contributed by atoms with Crippen molar-refractivity contribution in [3.63, 3.8) is 0 Å². The lowest BCUT2D eigenvalue weighted by molar-refractivity contribution is -0.0827. The Hall–Kier alpha value is -2.14. The first-order chi connectivity index (χ1) is 12.5. The van der Waals surface area contributed by atoms with E-state index in [1.54, 1.807) is 0 Å². The molecule has 2 aliphatic rings. The molecule has 0 radical (unpaired) electrons. The van der Waals surface area contributed by atoms with Gasteiger partial charge in [0.1, 0.15) is 11.5 Å². The van der Waals surface area contributed by atoms with Crippen LogP contribution in [0.3, 0.4) is 0 Å². The topological polar surface area (TPSA) is 67.0 Å². The molecule has 1 saturated heterocycles. The van der Waals surface area contributed by atoms with E-state index in [2.05, 4.69) is 54.5 Å². The van der Waals surface area contributed by atoms with E-state index in [4.69, 9.17) is 9.72 Å². The monoisotopic (exact) mass is 353 g/mol. The first-order valence-electron chi connectivity index (χ1n) is 9.53. The molecule has 5 nitrogen and oxygen atoms in total.